The molecule has 7 heteroatoms. The lowest BCUT2D eigenvalue weighted by Gasteiger charge is -2.12. The molecule has 0 bridgehead atoms. The van der Waals surface area contributed by atoms with Crippen molar-refractivity contribution in [1.29, 1.82) is 0 Å². The van der Waals surface area contributed by atoms with Crippen molar-refractivity contribution >= 4 is 22.8 Å². The molecule has 2 unspecified atom stereocenters. The van der Waals surface area contributed by atoms with Crippen LogP contribution in [0.1, 0.15) is 6.42 Å². The van der Waals surface area contributed by atoms with Gasteiger partial charge < -0.3 is 24.7 Å². The van der Waals surface area contributed by atoms with Gasteiger partial charge in [-0.3, -0.25) is 4.79 Å². The first-order valence-corrected chi connectivity index (χ1v) is 9.67. The van der Waals surface area contributed by atoms with Crippen LogP contribution in [0.15, 0.2) is 36.5 Å². The van der Waals surface area contributed by atoms with Gasteiger partial charge >= 0.3 is 0 Å². The van der Waals surface area contributed by atoms with Crippen molar-refractivity contribution in [2.45, 2.75) is 6.42 Å². The number of aromatic nitrogens is 2. The maximum Gasteiger partial charge on any atom is 0.228 e. The zero-order valence-corrected chi connectivity index (χ0v) is 17.2. The second-order valence-electron chi connectivity index (χ2n) is 7.69. The van der Waals surface area contributed by atoms with E-state index in [-0.39, 0.29) is 11.8 Å². The molecule has 4 rings (SSSR count). The molecule has 2 aromatic heterocycles. The average molecular weight is 394 g/mol. The summed E-state index contributed by atoms with van der Waals surface area (Å²) in [4.78, 5) is 22.4. The molecular formula is C22H26N4O3. The smallest absolute Gasteiger partial charge is 0.228 e. The molecular weight excluding hydrogens is 368 g/mol. The minimum atomic E-state index is 0.0434. The zero-order valence-electron chi connectivity index (χ0n) is 17.2. The topological polar surface area (TPSA) is 79.5 Å². The molecule has 0 spiro atoms. The van der Waals surface area contributed by atoms with Crippen molar-refractivity contribution in [3.63, 3.8) is 0 Å². The lowest BCUT2D eigenvalue weighted by molar-refractivity contribution is -0.117. The molecule has 1 saturated carbocycles. The average Bonchev–Trinajstić information content (AvgIpc) is 3.35. The highest BCUT2D eigenvalue weighted by Crippen LogP contribution is 2.42. The van der Waals surface area contributed by atoms with Gasteiger partial charge in [0.05, 0.1) is 19.8 Å². The molecule has 1 aliphatic rings. The number of anilines is 1. The van der Waals surface area contributed by atoms with Crippen LogP contribution in [-0.2, 0) is 4.79 Å². The first kappa shape index (κ1) is 19.3. The Morgan fingerprint density at radius 1 is 1.21 bits per heavy atom. The van der Waals surface area contributed by atoms with Crippen molar-refractivity contribution < 1.29 is 14.3 Å². The van der Waals surface area contributed by atoms with Crippen molar-refractivity contribution in [3.05, 3.63) is 36.5 Å². The number of methoxy groups -OCH3 is 2. The summed E-state index contributed by atoms with van der Waals surface area (Å²) in [6, 6.07) is 9.49. The fourth-order valence-corrected chi connectivity index (χ4v) is 3.86. The van der Waals surface area contributed by atoms with E-state index in [4.69, 9.17) is 9.47 Å². The van der Waals surface area contributed by atoms with E-state index in [1.807, 2.05) is 50.6 Å². The summed E-state index contributed by atoms with van der Waals surface area (Å²) in [6.45, 7) is 0.936. The lowest BCUT2D eigenvalue weighted by Crippen LogP contribution is -2.20. The Balaban J connectivity index is 1.59. The predicted molar refractivity (Wildman–Crippen MR) is 113 cm³/mol. The van der Waals surface area contributed by atoms with Crippen LogP contribution >= 0.6 is 0 Å². The molecule has 152 valence electrons. The monoisotopic (exact) mass is 394 g/mol. The predicted octanol–water partition coefficient (Wildman–Crippen LogP) is 3.38. The van der Waals surface area contributed by atoms with Gasteiger partial charge in [-0.1, -0.05) is 6.07 Å². The molecule has 0 aliphatic heterocycles. The fraction of sp³-hybridized carbons (Fsp3) is 0.364. The minimum Gasteiger partial charge on any atom is -0.496 e. The SMILES string of the molecule is COc1cccc(OC)c1-c1c[nH]c2nc(NC(=O)C3CC3CN(C)C)ccc12. The molecule has 1 fully saturated rings. The first-order chi connectivity index (χ1) is 14.0. The molecule has 2 atom stereocenters. The molecule has 0 radical (unpaired) electrons. The Labute approximate surface area is 170 Å². The van der Waals surface area contributed by atoms with E-state index in [0.29, 0.717) is 17.4 Å². The molecule has 1 aliphatic carbocycles. The number of hydrogen-bond acceptors (Lipinski definition) is 5. The number of pyridine rings is 1. The van der Waals surface area contributed by atoms with Gasteiger partial charge in [-0.2, -0.15) is 0 Å². The normalized spacial score (nSPS) is 18.1. The number of carbonyl (C=O) groups excluding carboxylic acids is 1. The van der Waals surface area contributed by atoms with Gasteiger partial charge in [-0.05, 0) is 50.7 Å². The van der Waals surface area contributed by atoms with Crippen molar-refractivity contribution in [2.24, 2.45) is 11.8 Å². The molecule has 2 N–H and O–H groups in total. The van der Waals surface area contributed by atoms with Gasteiger partial charge in [0.25, 0.3) is 0 Å². The summed E-state index contributed by atoms with van der Waals surface area (Å²) in [5.41, 5.74) is 2.51. The van der Waals surface area contributed by atoms with Crippen LogP contribution in [0.3, 0.4) is 0 Å². The summed E-state index contributed by atoms with van der Waals surface area (Å²) in [6.07, 6.45) is 2.82. The molecule has 2 heterocycles. The van der Waals surface area contributed by atoms with E-state index in [1.54, 1.807) is 14.2 Å². The molecule has 3 aromatic rings. The highest BCUT2D eigenvalue weighted by molar-refractivity contribution is 5.99. The number of fused-ring (bicyclic) bond motifs is 1. The summed E-state index contributed by atoms with van der Waals surface area (Å²) in [5.74, 6) is 2.56. The number of hydrogen-bond donors (Lipinski definition) is 2. The Hall–Kier alpha value is -3.06. The third kappa shape index (κ3) is 3.78. The number of amides is 1. The summed E-state index contributed by atoms with van der Waals surface area (Å²) in [5, 5.41) is 3.89. The highest BCUT2D eigenvalue weighted by Gasteiger charge is 2.43. The van der Waals surface area contributed by atoms with E-state index in [9.17, 15) is 4.79 Å². The van der Waals surface area contributed by atoms with Crippen molar-refractivity contribution in [2.75, 3.05) is 40.2 Å². The molecule has 1 aromatic carbocycles. The van der Waals surface area contributed by atoms with Gasteiger partial charge in [0.2, 0.25) is 5.91 Å². The Morgan fingerprint density at radius 2 is 1.93 bits per heavy atom. The molecule has 1 amide bonds. The number of ether oxygens (including phenoxy) is 2. The number of nitrogens with zero attached hydrogens (tertiary/aromatic N) is 2. The first-order valence-electron chi connectivity index (χ1n) is 9.67. The van der Waals surface area contributed by atoms with Crippen molar-refractivity contribution in [1.82, 2.24) is 14.9 Å². The van der Waals surface area contributed by atoms with Crippen LogP contribution < -0.4 is 14.8 Å². The van der Waals surface area contributed by atoms with E-state index in [0.717, 1.165) is 41.0 Å². The van der Waals surface area contributed by atoms with Gasteiger partial charge in [-0.15, -0.1) is 0 Å². The standard InChI is InChI=1S/C22H26N4O3/c1-26(2)12-13-10-15(13)22(27)25-19-9-8-14-16(11-23-21(14)24-19)20-17(28-3)6-5-7-18(20)29-4/h5-9,11,13,15H,10,12H2,1-4H3,(H2,23,24,25,27). The van der Waals surface area contributed by atoms with E-state index in [1.165, 1.54) is 0 Å². The van der Waals surface area contributed by atoms with E-state index in [2.05, 4.69) is 20.2 Å². The number of rotatable bonds is 7. The van der Waals surface area contributed by atoms with Crippen LogP contribution in [-0.4, -0.2) is 55.6 Å². The Bertz CT molecular complexity index is 1020. The van der Waals surface area contributed by atoms with Crippen LogP contribution in [0.4, 0.5) is 5.82 Å². The van der Waals surface area contributed by atoms with Crippen LogP contribution in [0.25, 0.3) is 22.2 Å². The molecule has 29 heavy (non-hydrogen) atoms. The summed E-state index contributed by atoms with van der Waals surface area (Å²) >= 11 is 0. The molecule has 7 nitrogen and oxygen atoms in total. The second-order valence-corrected chi connectivity index (χ2v) is 7.69. The lowest BCUT2D eigenvalue weighted by atomic mass is 10.0. The van der Waals surface area contributed by atoms with Crippen LogP contribution in [0.5, 0.6) is 11.5 Å². The third-order valence-electron chi connectivity index (χ3n) is 5.35. The zero-order chi connectivity index (χ0) is 20.5. The van der Waals surface area contributed by atoms with Crippen LogP contribution in [0.2, 0.25) is 0 Å². The minimum absolute atomic E-state index is 0.0434. The Kier molecular flexibility index (Phi) is 5.15. The molecule has 0 saturated heterocycles. The van der Waals surface area contributed by atoms with Gasteiger partial charge in [0.15, 0.2) is 0 Å². The summed E-state index contributed by atoms with van der Waals surface area (Å²) < 4.78 is 11.1. The number of H-pyrrole nitrogens is 1. The number of carbonyl (C=O) groups is 1. The summed E-state index contributed by atoms with van der Waals surface area (Å²) in [7, 11) is 7.34. The quantitative estimate of drug-likeness (QED) is 0.642. The van der Waals surface area contributed by atoms with Gasteiger partial charge in [-0.25, -0.2) is 4.98 Å². The number of benzene rings is 1. The maximum atomic E-state index is 12.5. The second kappa shape index (κ2) is 7.75. The van der Waals surface area contributed by atoms with Crippen molar-refractivity contribution in [3.8, 4) is 22.6 Å². The number of aromatic amines is 1. The van der Waals surface area contributed by atoms with Gasteiger partial charge in [0.1, 0.15) is 23.0 Å². The third-order valence-corrected chi connectivity index (χ3v) is 5.35. The fourth-order valence-electron chi connectivity index (χ4n) is 3.86. The van der Waals surface area contributed by atoms with Crippen LogP contribution in [0, 0.1) is 11.8 Å². The maximum absolute atomic E-state index is 12.5. The Morgan fingerprint density at radius 3 is 2.59 bits per heavy atom. The van der Waals surface area contributed by atoms with E-state index < -0.39 is 0 Å². The largest absolute Gasteiger partial charge is 0.496 e. The van der Waals surface area contributed by atoms with Gasteiger partial charge in [0, 0.05) is 29.6 Å². The van der Waals surface area contributed by atoms with E-state index >= 15 is 0 Å². The number of nitrogens with one attached hydrogen (secondary N) is 2. The highest BCUT2D eigenvalue weighted by atomic mass is 16.5.